The zero-order chi connectivity index (χ0) is 19.0. The lowest BCUT2D eigenvalue weighted by Crippen LogP contribution is -2.08. The van der Waals surface area contributed by atoms with Gasteiger partial charge in [-0.25, -0.2) is 14.8 Å². The number of benzene rings is 1. The molecule has 4 aromatic rings. The minimum Gasteiger partial charge on any atom is -0.462 e. The number of carbonyl (C=O) groups is 1. The van der Waals surface area contributed by atoms with Gasteiger partial charge in [0, 0.05) is 41.3 Å². The Hall–Kier alpha value is -3.68. The molecule has 27 heavy (non-hydrogen) atoms. The Morgan fingerprint density at radius 3 is 2.93 bits per heavy atom. The molecule has 3 N–H and O–H groups in total. The highest BCUT2D eigenvalue weighted by Crippen LogP contribution is 2.29. The molecule has 0 amide bonds. The molecule has 0 radical (unpaired) electrons. The predicted octanol–water partition coefficient (Wildman–Crippen LogP) is 2.68. The van der Waals surface area contributed by atoms with Crippen molar-refractivity contribution in [1.82, 2.24) is 19.9 Å². The van der Waals surface area contributed by atoms with Crippen molar-refractivity contribution in [2.75, 3.05) is 19.0 Å². The maximum atomic E-state index is 12.4. The number of rotatable bonds is 4. The molecule has 136 valence electrons. The van der Waals surface area contributed by atoms with E-state index in [0.29, 0.717) is 27.9 Å². The van der Waals surface area contributed by atoms with Gasteiger partial charge >= 0.3 is 5.97 Å². The molecule has 0 saturated heterocycles. The third-order valence-corrected chi connectivity index (χ3v) is 4.31. The van der Waals surface area contributed by atoms with E-state index in [1.807, 2.05) is 12.1 Å². The number of aromatic amines is 2. The standard InChI is InChI=1S/C19H17N5O3/c1-3-27-18(26)12-9-22-16-15(12)11-8-10(4-5-14(11)23-17(16)25)13-6-7-21-19(20-2)24-13/h4-9,22H,3H2,1-2H3,(H,23,25)(H,20,21,24). The van der Waals surface area contributed by atoms with Gasteiger partial charge in [-0.05, 0) is 25.1 Å². The molecule has 0 fully saturated rings. The molecule has 0 aliphatic heterocycles. The molecule has 3 aromatic heterocycles. The van der Waals surface area contributed by atoms with Crippen molar-refractivity contribution in [2.24, 2.45) is 0 Å². The molecular weight excluding hydrogens is 346 g/mol. The first-order valence-corrected chi connectivity index (χ1v) is 8.47. The Balaban J connectivity index is 2.00. The summed E-state index contributed by atoms with van der Waals surface area (Å²) in [5, 5.41) is 4.18. The minimum absolute atomic E-state index is 0.256. The van der Waals surface area contributed by atoms with E-state index in [4.69, 9.17) is 4.74 Å². The van der Waals surface area contributed by atoms with Gasteiger partial charge in [0.05, 0.1) is 17.9 Å². The smallest absolute Gasteiger partial charge is 0.340 e. The fourth-order valence-electron chi connectivity index (χ4n) is 3.10. The number of aromatic nitrogens is 4. The van der Waals surface area contributed by atoms with Crippen LogP contribution >= 0.6 is 0 Å². The van der Waals surface area contributed by atoms with Crippen LogP contribution in [0.3, 0.4) is 0 Å². The number of anilines is 1. The van der Waals surface area contributed by atoms with E-state index in [1.165, 1.54) is 6.20 Å². The highest BCUT2D eigenvalue weighted by Gasteiger charge is 2.18. The van der Waals surface area contributed by atoms with Crippen LogP contribution in [0, 0.1) is 0 Å². The van der Waals surface area contributed by atoms with E-state index in [1.54, 1.807) is 32.3 Å². The average molecular weight is 363 g/mol. The van der Waals surface area contributed by atoms with Crippen molar-refractivity contribution < 1.29 is 9.53 Å². The molecule has 0 aliphatic rings. The van der Waals surface area contributed by atoms with Crippen LogP contribution in [0.1, 0.15) is 17.3 Å². The van der Waals surface area contributed by atoms with Gasteiger partial charge in [-0.2, -0.15) is 0 Å². The van der Waals surface area contributed by atoms with E-state index < -0.39 is 5.97 Å². The topological polar surface area (TPSA) is 113 Å². The van der Waals surface area contributed by atoms with E-state index in [2.05, 4.69) is 25.3 Å². The second-order valence-corrected chi connectivity index (χ2v) is 5.90. The number of esters is 1. The molecule has 3 heterocycles. The lowest BCUT2D eigenvalue weighted by Gasteiger charge is -2.07. The first-order chi connectivity index (χ1) is 13.1. The lowest BCUT2D eigenvalue weighted by atomic mass is 10.0. The number of hydrogen-bond donors (Lipinski definition) is 3. The Morgan fingerprint density at radius 2 is 2.15 bits per heavy atom. The number of pyridine rings is 1. The molecule has 0 spiro atoms. The number of ether oxygens (including phenoxy) is 1. The van der Waals surface area contributed by atoms with E-state index >= 15 is 0 Å². The Labute approximate surface area is 153 Å². The van der Waals surface area contributed by atoms with Crippen LogP contribution < -0.4 is 10.9 Å². The minimum atomic E-state index is -0.472. The van der Waals surface area contributed by atoms with Gasteiger partial charge in [0.2, 0.25) is 5.95 Å². The summed E-state index contributed by atoms with van der Waals surface area (Å²) in [5.41, 5.74) is 2.57. The average Bonchev–Trinajstić information content (AvgIpc) is 3.14. The van der Waals surface area contributed by atoms with Gasteiger partial charge in [-0.1, -0.05) is 6.07 Å². The monoisotopic (exact) mass is 363 g/mol. The van der Waals surface area contributed by atoms with Crippen molar-refractivity contribution >= 4 is 33.7 Å². The molecular formula is C19H17N5O3. The van der Waals surface area contributed by atoms with Crippen LogP contribution in [0.2, 0.25) is 0 Å². The number of nitrogens with one attached hydrogen (secondary N) is 3. The van der Waals surface area contributed by atoms with E-state index in [-0.39, 0.29) is 12.2 Å². The third kappa shape index (κ3) is 2.80. The van der Waals surface area contributed by atoms with Crippen LogP contribution in [0.4, 0.5) is 5.95 Å². The van der Waals surface area contributed by atoms with Crippen molar-refractivity contribution in [3.8, 4) is 11.3 Å². The van der Waals surface area contributed by atoms with Gasteiger partial charge in [-0.15, -0.1) is 0 Å². The fourth-order valence-corrected chi connectivity index (χ4v) is 3.10. The van der Waals surface area contributed by atoms with Crippen LogP contribution in [0.5, 0.6) is 0 Å². The summed E-state index contributed by atoms with van der Waals surface area (Å²) in [6.07, 6.45) is 3.18. The molecule has 0 saturated carbocycles. The van der Waals surface area contributed by atoms with Gasteiger partial charge in [0.1, 0.15) is 5.52 Å². The number of carbonyl (C=O) groups excluding carboxylic acids is 1. The molecule has 0 atom stereocenters. The van der Waals surface area contributed by atoms with Gasteiger partial charge in [-0.3, -0.25) is 4.79 Å². The second kappa shape index (κ2) is 6.56. The SMILES string of the molecule is CCOC(=O)c1c[nH]c2c(=O)[nH]c3ccc(-c4ccnc(NC)n4)cc3c12. The number of fused-ring (bicyclic) bond motifs is 3. The van der Waals surface area contributed by atoms with E-state index in [0.717, 1.165) is 16.6 Å². The van der Waals surface area contributed by atoms with Crippen molar-refractivity contribution in [2.45, 2.75) is 6.92 Å². The summed E-state index contributed by atoms with van der Waals surface area (Å²) in [6, 6.07) is 7.36. The van der Waals surface area contributed by atoms with Crippen LogP contribution in [-0.4, -0.2) is 39.6 Å². The van der Waals surface area contributed by atoms with Crippen molar-refractivity contribution in [3.05, 3.63) is 52.6 Å². The summed E-state index contributed by atoms with van der Waals surface area (Å²) in [7, 11) is 1.75. The van der Waals surface area contributed by atoms with Gasteiger partial charge < -0.3 is 20.0 Å². The molecule has 1 aromatic carbocycles. The summed E-state index contributed by atoms with van der Waals surface area (Å²) in [6.45, 7) is 2.00. The van der Waals surface area contributed by atoms with E-state index in [9.17, 15) is 9.59 Å². The third-order valence-electron chi connectivity index (χ3n) is 4.31. The molecule has 8 heteroatoms. The Morgan fingerprint density at radius 1 is 1.30 bits per heavy atom. The van der Waals surface area contributed by atoms with Crippen molar-refractivity contribution in [1.29, 1.82) is 0 Å². The summed E-state index contributed by atoms with van der Waals surface area (Å²) in [5.74, 6) is 0.0358. The number of hydrogen-bond acceptors (Lipinski definition) is 6. The molecule has 4 rings (SSSR count). The highest BCUT2D eigenvalue weighted by atomic mass is 16.5. The Bertz CT molecular complexity index is 1230. The van der Waals surface area contributed by atoms with Gasteiger partial charge in [0.15, 0.2) is 0 Å². The number of nitrogens with zero attached hydrogens (tertiary/aromatic N) is 2. The normalized spacial score (nSPS) is 11.0. The summed E-state index contributed by atoms with van der Waals surface area (Å²) in [4.78, 5) is 39.0. The van der Waals surface area contributed by atoms with Crippen LogP contribution in [0.25, 0.3) is 33.1 Å². The van der Waals surface area contributed by atoms with Gasteiger partial charge in [0.25, 0.3) is 5.56 Å². The largest absolute Gasteiger partial charge is 0.462 e. The first kappa shape index (κ1) is 16.8. The molecule has 8 nitrogen and oxygen atoms in total. The Kier molecular flexibility index (Phi) is 4.08. The van der Waals surface area contributed by atoms with Crippen molar-refractivity contribution in [3.63, 3.8) is 0 Å². The fraction of sp³-hybridized carbons (Fsp3) is 0.158. The zero-order valence-electron chi connectivity index (χ0n) is 14.8. The summed E-state index contributed by atoms with van der Waals surface area (Å²) >= 11 is 0. The maximum Gasteiger partial charge on any atom is 0.340 e. The quantitative estimate of drug-likeness (QED) is 0.481. The van der Waals surface area contributed by atoms with Crippen LogP contribution in [-0.2, 0) is 4.74 Å². The first-order valence-electron chi connectivity index (χ1n) is 8.47. The molecule has 0 unspecified atom stereocenters. The molecule has 0 aliphatic carbocycles. The van der Waals surface area contributed by atoms with Crippen LogP contribution in [0.15, 0.2) is 41.5 Å². The lowest BCUT2D eigenvalue weighted by molar-refractivity contribution is 0.0529. The highest BCUT2D eigenvalue weighted by molar-refractivity contribution is 6.15. The maximum absolute atomic E-state index is 12.4. The summed E-state index contributed by atoms with van der Waals surface area (Å²) < 4.78 is 5.13. The molecule has 0 bridgehead atoms. The number of H-pyrrole nitrogens is 2. The zero-order valence-corrected chi connectivity index (χ0v) is 14.8. The predicted molar refractivity (Wildman–Crippen MR) is 103 cm³/mol. The second-order valence-electron chi connectivity index (χ2n) is 5.90.